The van der Waals surface area contributed by atoms with Crippen LogP contribution in [0.2, 0.25) is 0 Å². The van der Waals surface area contributed by atoms with Crippen molar-refractivity contribution in [2.45, 2.75) is 96.9 Å². The third-order valence-corrected chi connectivity index (χ3v) is 6.71. The van der Waals surface area contributed by atoms with E-state index in [1.54, 1.807) is 48.5 Å². The fraction of sp³-hybridized carbons (Fsp3) is 0.562. The second-order valence-electron chi connectivity index (χ2n) is 10.0. The Morgan fingerprint density at radius 3 is 1.92 bits per heavy atom. The highest BCUT2D eigenvalue weighted by molar-refractivity contribution is 5.92. The number of carbonyl (C=O) groups is 2. The Bertz CT molecular complexity index is 963. The van der Waals surface area contributed by atoms with Crippen molar-refractivity contribution in [3.05, 3.63) is 59.7 Å². The molecule has 2 aromatic rings. The van der Waals surface area contributed by atoms with Gasteiger partial charge in [0, 0.05) is 0 Å². The van der Waals surface area contributed by atoms with Crippen LogP contribution in [-0.2, 0) is 14.2 Å². The minimum absolute atomic E-state index is 0.0552. The first kappa shape index (κ1) is 30.6. The van der Waals surface area contributed by atoms with Gasteiger partial charge >= 0.3 is 11.9 Å². The molecule has 0 aromatic heterocycles. The first-order valence-corrected chi connectivity index (χ1v) is 14.6. The minimum Gasteiger partial charge on any atom is -0.494 e. The van der Waals surface area contributed by atoms with Crippen molar-refractivity contribution in [3.63, 3.8) is 0 Å². The molecule has 1 fully saturated rings. The topological polar surface area (TPSA) is 80.3 Å². The van der Waals surface area contributed by atoms with Gasteiger partial charge in [-0.05, 0) is 61.4 Å². The normalized spacial score (nSPS) is 17.0. The van der Waals surface area contributed by atoms with Crippen molar-refractivity contribution in [1.29, 1.82) is 0 Å². The van der Waals surface area contributed by atoms with Crippen molar-refractivity contribution in [2.24, 2.45) is 0 Å². The maximum atomic E-state index is 12.5. The van der Waals surface area contributed by atoms with Gasteiger partial charge in [0.25, 0.3) is 0 Å². The van der Waals surface area contributed by atoms with Crippen LogP contribution in [0, 0.1) is 0 Å². The van der Waals surface area contributed by atoms with Crippen molar-refractivity contribution in [2.75, 3.05) is 19.8 Å². The zero-order chi connectivity index (χ0) is 27.7. The summed E-state index contributed by atoms with van der Waals surface area (Å²) in [7, 11) is 0. The van der Waals surface area contributed by atoms with E-state index in [4.69, 9.17) is 23.7 Å². The predicted molar refractivity (Wildman–Crippen MR) is 150 cm³/mol. The summed E-state index contributed by atoms with van der Waals surface area (Å²) < 4.78 is 28.1. The van der Waals surface area contributed by atoms with E-state index < -0.39 is 18.2 Å². The molecule has 0 saturated carbocycles. The molecule has 39 heavy (non-hydrogen) atoms. The van der Waals surface area contributed by atoms with Gasteiger partial charge < -0.3 is 23.7 Å². The van der Waals surface area contributed by atoms with Gasteiger partial charge in [-0.2, -0.15) is 0 Å². The van der Waals surface area contributed by atoms with Crippen LogP contribution >= 0.6 is 0 Å². The average Bonchev–Trinajstić information content (AvgIpc) is 2.96. The lowest BCUT2D eigenvalue weighted by Crippen LogP contribution is -2.38. The molecule has 2 atom stereocenters. The Morgan fingerprint density at radius 2 is 1.28 bits per heavy atom. The number of hydrogen-bond donors (Lipinski definition) is 0. The summed E-state index contributed by atoms with van der Waals surface area (Å²) in [5.74, 6) is 0.0742. The lowest BCUT2D eigenvalue weighted by Gasteiger charge is -2.29. The van der Waals surface area contributed by atoms with Crippen molar-refractivity contribution in [3.8, 4) is 11.5 Å². The monoisotopic (exact) mass is 540 g/mol. The average molecular weight is 541 g/mol. The number of carbonyl (C=O) groups excluding carboxylic acids is 2. The Labute approximate surface area is 233 Å². The highest BCUT2D eigenvalue weighted by atomic mass is 16.7. The summed E-state index contributed by atoms with van der Waals surface area (Å²) >= 11 is 0. The summed E-state index contributed by atoms with van der Waals surface area (Å²) in [5, 5.41) is 0. The quantitative estimate of drug-likeness (QED) is 0.117. The van der Waals surface area contributed by atoms with Crippen LogP contribution in [-0.4, -0.2) is 44.2 Å². The van der Waals surface area contributed by atoms with Crippen LogP contribution < -0.4 is 9.47 Å². The molecule has 0 aliphatic carbocycles. The molecule has 0 bridgehead atoms. The smallest absolute Gasteiger partial charge is 0.343 e. The molecule has 1 aliphatic heterocycles. The molecule has 1 saturated heterocycles. The number of hydrogen-bond acceptors (Lipinski definition) is 7. The zero-order valence-corrected chi connectivity index (χ0v) is 23.5. The first-order valence-electron chi connectivity index (χ1n) is 14.6. The first-order chi connectivity index (χ1) is 19.1. The molecule has 7 nitrogen and oxygen atoms in total. The van der Waals surface area contributed by atoms with E-state index >= 15 is 0 Å². The summed E-state index contributed by atoms with van der Waals surface area (Å²) in [6.07, 6.45) is 12.3. The second-order valence-corrected chi connectivity index (χ2v) is 10.0. The minimum atomic E-state index is -0.723. The van der Waals surface area contributed by atoms with E-state index in [1.165, 1.54) is 51.4 Å². The summed E-state index contributed by atoms with van der Waals surface area (Å²) in [5.41, 5.74) is 0.760. The molecule has 0 spiro atoms. The Morgan fingerprint density at radius 1 is 0.692 bits per heavy atom. The summed E-state index contributed by atoms with van der Waals surface area (Å²) in [6, 6.07) is 13.2. The number of benzene rings is 2. The number of esters is 2. The van der Waals surface area contributed by atoms with Gasteiger partial charge in [0.1, 0.15) is 18.1 Å². The fourth-order valence-electron chi connectivity index (χ4n) is 4.33. The molecule has 7 heteroatoms. The molecule has 1 aliphatic rings. The molecule has 2 aromatic carbocycles. The van der Waals surface area contributed by atoms with Gasteiger partial charge in [0.2, 0.25) is 6.29 Å². The molecule has 3 rings (SSSR count). The lowest BCUT2D eigenvalue weighted by molar-refractivity contribution is -0.213. The maximum absolute atomic E-state index is 12.5. The van der Waals surface area contributed by atoms with Gasteiger partial charge in [-0.15, -0.1) is 0 Å². The van der Waals surface area contributed by atoms with E-state index in [-0.39, 0.29) is 12.7 Å². The van der Waals surface area contributed by atoms with E-state index in [9.17, 15) is 9.59 Å². The van der Waals surface area contributed by atoms with Gasteiger partial charge in [0.05, 0.1) is 30.4 Å². The third kappa shape index (κ3) is 11.4. The standard InChI is InChI=1S/C32H44O7/c1-3-5-7-9-10-12-22-35-27-18-14-25(15-19-27)31(33)38-28-20-16-26(17-21-28)32(34)39-30-24-36-29(23-37-30)13-11-8-6-4-2/h14-21,29-30H,3-13,22-24H2,1-2H3/t29-,30+/m0/s1. The van der Waals surface area contributed by atoms with E-state index in [0.717, 1.165) is 25.0 Å². The Balaban J connectivity index is 1.36. The third-order valence-electron chi connectivity index (χ3n) is 6.71. The Kier molecular flexibility index (Phi) is 13.9. The fourth-order valence-corrected chi connectivity index (χ4v) is 4.33. The van der Waals surface area contributed by atoms with E-state index in [0.29, 0.717) is 30.1 Å². The summed E-state index contributed by atoms with van der Waals surface area (Å²) in [4.78, 5) is 25.0. The lowest BCUT2D eigenvalue weighted by atomic mass is 10.1. The number of ether oxygens (including phenoxy) is 5. The second kappa shape index (κ2) is 17.6. The molecule has 1 heterocycles. The molecule has 0 N–H and O–H groups in total. The van der Waals surface area contributed by atoms with Crippen LogP contribution in [0.3, 0.4) is 0 Å². The molecule has 0 radical (unpaired) electrons. The Hall–Kier alpha value is -2.90. The number of rotatable bonds is 17. The highest BCUT2D eigenvalue weighted by Crippen LogP contribution is 2.20. The van der Waals surface area contributed by atoms with Gasteiger partial charge in [-0.25, -0.2) is 9.59 Å². The summed E-state index contributed by atoms with van der Waals surface area (Å²) in [6.45, 7) is 5.72. The van der Waals surface area contributed by atoms with Crippen molar-refractivity contribution in [1.82, 2.24) is 0 Å². The SMILES string of the molecule is CCCCCCCCOc1ccc(C(=O)Oc2ccc(C(=O)O[C@@H]3CO[C@@H](CCCCCC)CO3)cc2)cc1. The molecular weight excluding hydrogens is 496 g/mol. The largest absolute Gasteiger partial charge is 0.494 e. The van der Waals surface area contributed by atoms with Crippen LogP contribution in [0.5, 0.6) is 11.5 Å². The molecular formula is C32H44O7. The van der Waals surface area contributed by atoms with Gasteiger partial charge in [-0.1, -0.05) is 71.6 Å². The van der Waals surface area contributed by atoms with Gasteiger partial charge in [0.15, 0.2) is 0 Å². The maximum Gasteiger partial charge on any atom is 0.343 e. The van der Waals surface area contributed by atoms with Gasteiger partial charge in [-0.3, -0.25) is 0 Å². The van der Waals surface area contributed by atoms with Crippen molar-refractivity contribution < 1.29 is 33.3 Å². The van der Waals surface area contributed by atoms with Crippen LogP contribution in [0.4, 0.5) is 0 Å². The molecule has 214 valence electrons. The molecule has 0 unspecified atom stereocenters. The molecule has 0 amide bonds. The highest BCUT2D eigenvalue weighted by Gasteiger charge is 2.25. The van der Waals surface area contributed by atoms with E-state index in [1.807, 2.05) is 0 Å². The zero-order valence-electron chi connectivity index (χ0n) is 23.5. The van der Waals surface area contributed by atoms with Crippen LogP contribution in [0.15, 0.2) is 48.5 Å². The van der Waals surface area contributed by atoms with Crippen LogP contribution in [0.25, 0.3) is 0 Å². The van der Waals surface area contributed by atoms with Crippen LogP contribution in [0.1, 0.15) is 105 Å². The number of unbranched alkanes of at least 4 members (excludes halogenated alkanes) is 8. The van der Waals surface area contributed by atoms with E-state index in [2.05, 4.69) is 13.8 Å². The van der Waals surface area contributed by atoms with Crippen molar-refractivity contribution >= 4 is 11.9 Å². The predicted octanol–water partition coefficient (Wildman–Crippen LogP) is 7.51.